The van der Waals surface area contributed by atoms with Crippen LogP contribution in [0.4, 0.5) is 0 Å². The van der Waals surface area contributed by atoms with Gasteiger partial charge in [-0.25, -0.2) is 0 Å². The van der Waals surface area contributed by atoms with Gasteiger partial charge in [0.1, 0.15) is 0 Å². The van der Waals surface area contributed by atoms with E-state index in [1.165, 1.54) is 6.92 Å². The van der Waals surface area contributed by atoms with Crippen molar-refractivity contribution >= 4 is 5.91 Å². The number of hydrogen-bond donors (Lipinski definition) is 1. The fourth-order valence-corrected chi connectivity index (χ4v) is 1.78. The lowest BCUT2D eigenvalue weighted by molar-refractivity contribution is -0.262. The number of carbonyl (C=O) groups is 1. The zero-order valence-electron chi connectivity index (χ0n) is 9.70. The van der Waals surface area contributed by atoms with E-state index in [2.05, 4.69) is 5.32 Å². The molecule has 0 bridgehead atoms. The largest absolute Gasteiger partial charge is 0.356 e. The van der Waals surface area contributed by atoms with Gasteiger partial charge in [0.25, 0.3) is 0 Å². The van der Waals surface area contributed by atoms with Crippen molar-refractivity contribution in [3.05, 3.63) is 0 Å². The van der Waals surface area contributed by atoms with Gasteiger partial charge in [-0.1, -0.05) is 6.92 Å². The van der Waals surface area contributed by atoms with Crippen LogP contribution < -0.4 is 5.32 Å². The molecular formula is C10H19NO4. The maximum absolute atomic E-state index is 10.9. The van der Waals surface area contributed by atoms with Crippen LogP contribution in [0.2, 0.25) is 0 Å². The molecule has 88 valence electrons. The Balaban J connectivity index is 2.63. The molecule has 1 N–H and O–H groups in total. The predicted octanol–water partition coefficient (Wildman–Crippen LogP) is 0.494. The highest BCUT2D eigenvalue weighted by molar-refractivity contribution is 5.72. The van der Waals surface area contributed by atoms with E-state index in [1.807, 2.05) is 6.92 Å². The average Bonchev–Trinajstić information content (AvgIpc) is 2.53. The Morgan fingerprint density at radius 1 is 1.60 bits per heavy atom. The molecule has 3 atom stereocenters. The van der Waals surface area contributed by atoms with Crippen LogP contribution in [0, 0.1) is 5.92 Å². The minimum Gasteiger partial charge on any atom is -0.356 e. The van der Waals surface area contributed by atoms with Crippen molar-refractivity contribution in [3.8, 4) is 0 Å². The maximum atomic E-state index is 10.9. The standard InChI is InChI=1S/C10H19NO4/c1-7-5-9(13-3)15-10(7,14-4)6-11-8(2)12/h7,9H,5-6H2,1-4H3,(H,11,12). The summed E-state index contributed by atoms with van der Waals surface area (Å²) >= 11 is 0. The molecule has 1 aliphatic rings. The maximum Gasteiger partial charge on any atom is 0.217 e. The van der Waals surface area contributed by atoms with Crippen molar-refractivity contribution in [3.63, 3.8) is 0 Å². The van der Waals surface area contributed by atoms with Gasteiger partial charge in [0.15, 0.2) is 12.1 Å². The summed E-state index contributed by atoms with van der Waals surface area (Å²) in [6.45, 7) is 3.83. The van der Waals surface area contributed by atoms with Gasteiger partial charge in [0.2, 0.25) is 5.91 Å². The third-order valence-corrected chi connectivity index (χ3v) is 2.82. The number of methoxy groups -OCH3 is 2. The summed E-state index contributed by atoms with van der Waals surface area (Å²) in [6.07, 6.45) is 0.512. The van der Waals surface area contributed by atoms with Gasteiger partial charge < -0.3 is 19.5 Å². The normalized spacial score (nSPS) is 35.5. The molecular weight excluding hydrogens is 198 g/mol. The van der Waals surface area contributed by atoms with Crippen molar-refractivity contribution in [2.24, 2.45) is 5.92 Å². The van der Waals surface area contributed by atoms with Crippen LogP contribution in [0.5, 0.6) is 0 Å². The third kappa shape index (κ3) is 2.68. The van der Waals surface area contributed by atoms with Gasteiger partial charge in [-0.15, -0.1) is 0 Å². The Hall–Kier alpha value is -0.650. The lowest BCUT2D eigenvalue weighted by Crippen LogP contribution is -2.47. The van der Waals surface area contributed by atoms with Crippen LogP contribution >= 0.6 is 0 Å². The first-order valence-corrected chi connectivity index (χ1v) is 5.04. The summed E-state index contributed by atoms with van der Waals surface area (Å²) in [7, 11) is 3.18. The first-order chi connectivity index (χ1) is 7.04. The molecule has 15 heavy (non-hydrogen) atoms. The highest BCUT2D eigenvalue weighted by atomic mass is 16.8. The summed E-state index contributed by atoms with van der Waals surface area (Å²) < 4.78 is 16.2. The Bertz CT molecular complexity index is 233. The Morgan fingerprint density at radius 2 is 2.27 bits per heavy atom. The van der Waals surface area contributed by atoms with Crippen molar-refractivity contribution in [1.82, 2.24) is 5.32 Å². The number of carbonyl (C=O) groups excluding carboxylic acids is 1. The van der Waals surface area contributed by atoms with Gasteiger partial charge in [-0.3, -0.25) is 4.79 Å². The summed E-state index contributed by atoms with van der Waals surface area (Å²) in [5, 5.41) is 2.71. The van der Waals surface area contributed by atoms with E-state index in [0.717, 1.165) is 6.42 Å². The molecule has 0 aliphatic carbocycles. The third-order valence-electron chi connectivity index (χ3n) is 2.82. The summed E-state index contributed by atoms with van der Waals surface area (Å²) in [4.78, 5) is 10.9. The van der Waals surface area contributed by atoms with E-state index in [-0.39, 0.29) is 18.1 Å². The Morgan fingerprint density at radius 3 is 2.67 bits per heavy atom. The second kappa shape index (κ2) is 4.92. The van der Waals surface area contributed by atoms with Gasteiger partial charge >= 0.3 is 0 Å². The second-order valence-corrected chi connectivity index (χ2v) is 3.85. The molecule has 1 aliphatic heterocycles. The lowest BCUT2D eigenvalue weighted by Gasteiger charge is -2.31. The number of ether oxygens (including phenoxy) is 3. The van der Waals surface area contributed by atoms with Crippen LogP contribution in [0.15, 0.2) is 0 Å². The average molecular weight is 217 g/mol. The van der Waals surface area contributed by atoms with Gasteiger partial charge in [-0.05, 0) is 0 Å². The SMILES string of the molecule is COC1CC(C)C(CNC(C)=O)(OC)O1. The van der Waals surface area contributed by atoms with E-state index >= 15 is 0 Å². The fraction of sp³-hybridized carbons (Fsp3) is 0.900. The van der Waals surface area contributed by atoms with Crippen molar-refractivity contribution in [1.29, 1.82) is 0 Å². The first-order valence-electron chi connectivity index (χ1n) is 5.04. The van der Waals surface area contributed by atoms with Crippen LogP contribution in [0.25, 0.3) is 0 Å². The topological polar surface area (TPSA) is 56.8 Å². The first kappa shape index (κ1) is 12.4. The van der Waals surface area contributed by atoms with Crippen LogP contribution in [0.3, 0.4) is 0 Å². The molecule has 0 aromatic rings. The van der Waals surface area contributed by atoms with Crippen molar-refractivity contribution in [2.45, 2.75) is 32.3 Å². The van der Waals surface area contributed by atoms with E-state index in [4.69, 9.17) is 14.2 Å². The molecule has 5 nitrogen and oxygen atoms in total. The predicted molar refractivity (Wildman–Crippen MR) is 54.1 cm³/mol. The van der Waals surface area contributed by atoms with E-state index in [0.29, 0.717) is 6.54 Å². The number of nitrogens with one attached hydrogen (secondary N) is 1. The van der Waals surface area contributed by atoms with Gasteiger partial charge in [0, 0.05) is 33.5 Å². The minimum absolute atomic E-state index is 0.0944. The van der Waals surface area contributed by atoms with E-state index in [1.54, 1.807) is 14.2 Å². The number of rotatable bonds is 4. The number of hydrogen-bond acceptors (Lipinski definition) is 4. The number of amides is 1. The van der Waals surface area contributed by atoms with E-state index in [9.17, 15) is 4.79 Å². The molecule has 1 saturated heterocycles. The zero-order chi connectivity index (χ0) is 11.5. The Labute approximate surface area is 90.1 Å². The van der Waals surface area contributed by atoms with Crippen LogP contribution in [0.1, 0.15) is 20.3 Å². The minimum atomic E-state index is -0.758. The molecule has 1 fully saturated rings. The molecule has 0 saturated carbocycles. The molecule has 1 rings (SSSR count). The van der Waals surface area contributed by atoms with E-state index < -0.39 is 5.79 Å². The second-order valence-electron chi connectivity index (χ2n) is 3.85. The zero-order valence-corrected chi connectivity index (χ0v) is 9.70. The highest BCUT2D eigenvalue weighted by Crippen LogP contribution is 2.36. The molecule has 1 amide bonds. The molecule has 0 aromatic carbocycles. The van der Waals surface area contributed by atoms with Gasteiger partial charge in [-0.2, -0.15) is 0 Å². The summed E-state index contributed by atoms with van der Waals surface area (Å²) in [5.74, 6) is -0.672. The highest BCUT2D eigenvalue weighted by Gasteiger charge is 2.47. The molecule has 3 unspecified atom stereocenters. The molecule has 1 heterocycles. The van der Waals surface area contributed by atoms with Crippen molar-refractivity contribution in [2.75, 3.05) is 20.8 Å². The lowest BCUT2D eigenvalue weighted by atomic mass is 10.00. The van der Waals surface area contributed by atoms with Crippen LogP contribution in [-0.2, 0) is 19.0 Å². The smallest absolute Gasteiger partial charge is 0.217 e. The fourth-order valence-electron chi connectivity index (χ4n) is 1.78. The quantitative estimate of drug-likeness (QED) is 0.744. The molecule has 0 aromatic heterocycles. The summed E-state index contributed by atoms with van der Waals surface area (Å²) in [6, 6.07) is 0. The van der Waals surface area contributed by atoms with Crippen LogP contribution in [-0.4, -0.2) is 38.7 Å². The van der Waals surface area contributed by atoms with Gasteiger partial charge in [0.05, 0.1) is 6.54 Å². The molecule has 0 radical (unpaired) electrons. The van der Waals surface area contributed by atoms with Crippen molar-refractivity contribution < 1.29 is 19.0 Å². The Kier molecular flexibility index (Phi) is 4.07. The molecule has 5 heteroatoms. The molecule has 0 spiro atoms. The summed E-state index contributed by atoms with van der Waals surface area (Å²) in [5.41, 5.74) is 0. The monoisotopic (exact) mass is 217 g/mol.